The molecule has 0 unspecified atom stereocenters. The van der Waals surface area contributed by atoms with Crippen LogP contribution in [0.2, 0.25) is 0 Å². The predicted octanol–water partition coefficient (Wildman–Crippen LogP) is 2.81. The molecule has 0 atom stereocenters. The summed E-state index contributed by atoms with van der Waals surface area (Å²) in [6.45, 7) is 1.71. The molecule has 1 saturated carbocycles. The van der Waals surface area contributed by atoms with Crippen LogP contribution >= 0.6 is 0 Å². The van der Waals surface area contributed by atoms with E-state index >= 15 is 0 Å². The molecule has 1 N–H and O–H groups in total. The molecule has 1 aromatic rings. The third kappa shape index (κ3) is 3.83. The van der Waals surface area contributed by atoms with Crippen molar-refractivity contribution in [3.63, 3.8) is 0 Å². The van der Waals surface area contributed by atoms with Gasteiger partial charge in [0.25, 0.3) is 0 Å². The van der Waals surface area contributed by atoms with E-state index in [4.69, 9.17) is 0 Å². The fraction of sp³-hybridized carbons (Fsp3) is 0.600. The first kappa shape index (κ1) is 12.6. The highest BCUT2D eigenvalue weighted by Gasteiger charge is 2.30. The lowest BCUT2D eigenvalue weighted by molar-refractivity contribution is -0.0223. The molecule has 0 aromatic heterocycles. The Balaban J connectivity index is 1.86. The SMILES string of the molecule is CN(Cc1ccccc1)CC1(O)CCCCC1. The molecule has 2 rings (SSSR count). The second-order valence-electron chi connectivity index (χ2n) is 5.44. The Kier molecular flexibility index (Phi) is 4.19. The summed E-state index contributed by atoms with van der Waals surface area (Å²) in [5.41, 5.74) is 0.872. The van der Waals surface area contributed by atoms with Crippen molar-refractivity contribution >= 4 is 0 Å². The molecular formula is C15H23NO. The zero-order valence-electron chi connectivity index (χ0n) is 10.7. The van der Waals surface area contributed by atoms with E-state index in [0.717, 1.165) is 25.9 Å². The number of benzene rings is 1. The minimum Gasteiger partial charge on any atom is -0.389 e. The first-order valence-electron chi connectivity index (χ1n) is 6.63. The number of hydrogen-bond acceptors (Lipinski definition) is 2. The molecule has 17 heavy (non-hydrogen) atoms. The molecule has 1 aliphatic rings. The number of nitrogens with zero attached hydrogens (tertiary/aromatic N) is 1. The number of rotatable bonds is 4. The van der Waals surface area contributed by atoms with Crippen LogP contribution < -0.4 is 0 Å². The highest BCUT2D eigenvalue weighted by Crippen LogP contribution is 2.28. The van der Waals surface area contributed by atoms with Crippen molar-refractivity contribution in [2.45, 2.75) is 44.2 Å². The van der Waals surface area contributed by atoms with E-state index < -0.39 is 5.60 Å². The Labute approximate surface area is 104 Å². The zero-order chi connectivity index (χ0) is 12.1. The second-order valence-corrected chi connectivity index (χ2v) is 5.44. The molecule has 0 saturated heterocycles. The van der Waals surface area contributed by atoms with Crippen molar-refractivity contribution in [1.82, 2.24) is 4.90 Å². The third-order valence-electron chi connectivity index (χ3n) is 3.64. The minimum absolute atomic E-state index is 0.443. The van der Waals surface area contributed by atoms with Gasteiger partial charge in [-0.15, -0.1) is 0 Å². The molecule has 0 radical (unpaired) electrons. The predicted molar refractivity (Wildman–Crippen MR) is 70.8 cm³/mol. The maximum Gasteiger partial charge on any atom is 0.0774 e. The van der Waals surface area contributed by atoms with Crippen molar-refractivity contribution in [2.24, 2.45) is 0 Å². The van der Waals surface area contributed by atoms with Gasteiger partial charge in [0.05, 0.1) is 5.60 Å². The van der Waals surface area contributed by atoms with Crippen LogP contribution in [0.15, 0.2) is 30.3 Å². The van der Waals surface area contributed by atoms with Gasteiger partial charge in [0.1, 0.15) is 0 Å². The monoisotopic (exact) mass is 233 g/mol. The smallest absolute Gasteiger partial charge is 0.0774 e. The van der Waals surface area contributed by atoms with Gasteiger partial charge in [-0.05, 0) is 25.5 Å². The number of hydrogen-bond donors (Lipinski definition) is 1. The Morgan fingerprint density at radius 2 is 1.76 bits per heavy atom. The van der Waals surface area contributed by atoms with Gasteiger partial charge >= 0.3 is 0 Å². The lowest BCUT2D eigenvalue weighted by Gasteiger charge is -2.35. The molecule has 0 bridgehead atoms. The van der Waals surface area contributed by atoms with Crippen molar-refractivity contribution in [2.75, 3.05) is 13.6 Å². The maximum atomic E-state index is 10.5. The highest BCUT2D eigenvalue weighted by molar-refractivity contribution is 5.14. The zero-order valence-corrected chi connectivity index (χ0v) is 10.7. The lowest BCUT2D eigenvalue weighted by Crippen LogP contribution is -2.42. The Hall–Kier alpha value is -0.860. The van der Waals surface area contributed by atoms with Crippen LogP contribution in [0, 0.1) is 0 Å². The molecule has 0 spiro atoms. The summed E-state index contributed by atoms with van der Waals surface area (Å²) in [5.74, 6) is 0. The molecule has 0 amide bonds. The van der Waals surface area contributed by atoms with E-state index in [0.29, 0.717) is 0 Å². The van der Waals surface area contributed by atoms with Crippen LogP contribution in [-0.2, 0) is 6.54 Å². The van der Waals surface area contributed by atoms with Gasteiger partial charge in [-0.3, -0.25) is 4.90 Å². The largest absolute Gasteiger partial charge is 0.389 e. The normalized spacial score (nSPS) is 19.5. The van der Waals surface area contributed by atoms with Gasteiger partial charge in [0, 0.05) is 13.1 Å². The Morgan fingerprint density at radius 3 is 2.41 bits per heavy atom. The van der Waals surface area contributed by atoms with Crippen molar-refractivity contribution < 1.29 is 5.11 Å². The molecule has 0 aliphatic heterocycles. The minimum atomic E-state index is -0.443. The molecule has 94 valence electrons. The standard InChI is InChI=1S/C15H23NO/c1-16(12-14-8-4-2-5-9-14)13-15(17)10-6-3-7-11-15/h2,4-5,8-9,17H,3,6-7,10-13H2,1H3. The molecule has 1 aromatic carbocycles. The average Bonchev–Trinajstić information content (AvgIpc) is 2.30. The Morgan fingerprint density at radius 1 is 1.12 bits per heavy atom. The third-order valence-corrected chi connectivity index (χ3v) is 3.64. The fourth-order valence-electron chi connectivity index (χ4n) is 2.82. The molecule has 0 heterocycles. The number of likely N-dealkylation sites (N-methyl/N-ethyl adjacent to an activating group) is 1. The van der Waals surface area contributed by atoms with Crippen LogP contribution in [0.1, 0.15) is 37.7 Å². The van der Waals surface area contributed by atoms with Crippen LogP contribution in [0.4, 0.5) is 0 Å². The topological polar surface area (TPSA) is 23.5 Å². The molecular weight excluding hydrogens is 210 g/mol. The van der Waals surface area contributed by atoms with E-state index in [9.17, 15) is 5.11 Å². The summed E-state index contributed by atoms with van der Waals surface area (Å²) < 4.78 is 0. The van der Waals surface area contributed by atoms with Gasteiger partial charge in [0.15, 0.2) is 0 Å². The quantitative estimate of drug-likeness (QED) is 0.864. The van der Waals surface area contributed by atoms with E-state index in [2.05, 4.69) is 36.2 Å². The summed E-state index contributed by atoms with van der Waals surface area (Å²) in [6.07, 6.45) is 5.56. The van der Waals surface area contributed by atoms with Crippen molar-refractivity contribution in [3.05, 3.63) is 35.9 Å². The molecule has 1 fully saturated rings. The summed E-state index contributed by atoms with van der Waals surface area (Å²) in [6, 6.07) is 10.5. The van der Waals surface area contributed by atoms with Crippen molar-refractivity contribution in [3.8, 4) is 0 Å². The van der Waals surface area contributed by atoms with Crippen LogP contribution in [-0.4, -0.2) is 29.2 Å². The molecule has 1 aliphatic carbocycles. The average molecular weight is 233 g/mol. The first-order valence-corrected chi connectivity index (χ1v) is 6.63. The maximum absolute atomic E-state index is 10.5. The van der Waals surface area contributed by atoms with Crippen LogP contribution in [0.3, 0.4) is 0 Å². The van der Waals surface area contributed by atoms with Gasteiger partial charge in [-0.1, -0.05) is 49.6 Å². The molecule has 2 nitrogen and oxygen atoms in total. The summed E-state index contributed by atoms with van der Waals surface area (Å²) in [4.78, 5) is 2.24. The van der Waals surface area contributed by atoms with Crippen molar-refractivity contribution in [1.29, 1.82) is 0 Å². The lowest BCUT2D eigenvalue weighted by atomic mass is 9.84. The van der Waals surface area contributed by atoms with E-state index in [1.54, 1.807) is 0 Å². The van der Waals surface area contributed by atoms with E-state index in [1.165, 1.54) is 24.8 Å². The van der Waals surface area contributed by atoms with Gasteiger partial charge in [-0.2, -0.15) is 0 Å². The van der Waals surface area contributed by atoms with E-state index in [-0.39, 0.29) is 0 Å². The van der Waals surface area contributed by atoms with Gasteiger partial charge in [-0.25, -0.2) is 0 Å². The van der Waals surface area contributed by atoms with E-state index in [1.807, 2.05) is 6.07 Å². The summed E-state index contributed by atoms with van der Waals surface area (Å²) >= 11 is 0. The Bertz CT molecular complexity index is 330. The van der Waals surface area contributed by atoms with Crippen LogP contribution in [0.25, 0.3) is 0 Å². The van der Waals surface area contributed by atoms with Gasteiger partial charge in [0.2, 0.25) is 0 Å². The highest BCUT2D eigenvalue weighted by atomic mass is 16.3. The molecule has 2 heteroatoms. The fourth-order valence-corrected chi connectivity index (χ4v) is 2.82. The first-order chi connectivity index (χ1) is 8.18. The summed E-state index contributed by atoms with van der Waals surface area (Å²) in [7, 11) is 2.10. The van der Waals surface area contributed by atoms with Gasteiger partial charge < -0.3 is 5.11 Å². The van der Waals surface area contributed by atoms with Crippen LogP contribution in [0.5, 0.6) is 0 Å². The summed E-state index contributed by atoms with van der Waals surface area (Å²) in [5, 5.41) is 10.5. The number of aliphatic hydroxyl groups is 1. The second kappa shape index (κ2) is 5.65.